The second kappa shape index (κ2) is 7.43. The molecule has 2 heterocycles. The Kier molecular flexibility index (Phi) is 5.89. The highest BCUT2D eigenvalue weighted by molar-refractivity contribution is 4.84. The van der Waals surface area contributed by atoms with E-state index in [-0.39, 0.29) is 0 Å². The van der Waals surface area contributed by atoms with Crippen molar-refractivity contribution in [2.75, 3.05) is 52.4 Å². The first-order valence-electron chi connectivity index (χ1n) is 7.62. The summed E-state index contributed by atoms with van der Waals surface area (Å²) in [6.07, 6.45) is 3.60. The largest absolute Gasteiger partial charge is 0.372 e. The molecule has 2 bridgehead atoms. The SMILES string of the molecule is CCN(CC)CCNCCN1CC2CCC(C1)O2. The zero-order chi connectivity index (χ0) is 12.8. The van der Waals surface area contributed by atoms with Crippen LogP contribution in [0, 0.1) is 0 Å². The third kappa shape index (κ3) is 4.19. The van der Waals surface area contributed by atoms with Crippen LogP contribution in [0.4, 0.5) is 0 Å². The lowest BCUT2D eigenvalue weighted by molar-refractivity contribution is -0.0376. The summed E-state index contributed by atoms with van der Waals surface area (Å²) in [6, 6.07) is 0. The van der Waals surface area contributed by atoms with Crippen LogP contribution in [0.1, 0.15) is 26.7 Å². The van der Waals surface area contributed by atoms with Crippen molar-refractivity contribution in [1.29, 1.82) is 0 Å². The van der Waals surface area contributed by atoms with Gasteiger partial charge in [-0.05, 0) is 25.9 Å². The summed E-state index contributed by atoms with van der Waals surface area (Å²) in [5.41, 5.74) is 0. The first-order valence-corrected chi connectivity index (χ1v) is 7.62. The zero-order valence-electron chi connectivity index (χ0n) is 12.0. The maximum absolute atomic E-state index is 5.85. The molecular weight excluding hydrogens is 226 g/mol. The van der Waals surface area contributed by atoms with Crippen molar-refractivity contribution in [3.63, 3.8) is 0 Å². The van der Waals surface area contributed by atoms with Gasteiger partial charge in [0, 0.05) is 39.3 Å². The first kappa shape index (κ1) is 14.3. The van der Waals surface area contributed by atoms with Gasteiger partial charge in [0.1, 0.15) is 0 Å². The van der Waals surface area contributed by atoms with Crippen LogP contribution >= 0.6 is 0 Å². The second-order valence-electron chi connectivity index (χ2n) is 5.49. The fourth-order valence-electron chi connectivity index (χ4n) is 3.02. The second-order valence-corrected chi connectivity index (χ2v) is 5.49. The predicted molar refractivity (Wildman–Crippen MR) is 75.0 cm³/mol. The molecule has 4 nitrogen and oxygen atoms in total. The minimum Gasteiger partial charge on any atom is -0.372 e. The Labute approximate surface area is 112 Å². The van der Waals surface area contributed by atoms with E-state index in [0.29, 0.717) is 12.2 Å². The van der Waals surface area contributed by atoms with Gasteiger partial charge in [-0.3, -0.25) is 4.90 Å². The highest BCUT2D eigenvalue weighted by atomic mass is 16.5. The van der Waals surface area contributed by atoms with Gasteiger partial charge in [-0.15, -0.1) is 0 Å². The Morgan fingerprint density at radius 1 is 1.11 bits per heavy atom. The molecule has 0 radical (unpaired) electrons. The molecule has 2 rings (SSSR count). The van der Waals surface area contributed by atoms with Crippen LogP contribution in [0.3, 0.4) is 0 Å². The van der Waals surface area contributed by atoms with Gasteiger partial charge in [0.25, 0.3) is 0 Å². The van der Waals surface area contributed by atoms with Crippen molar-refractivity contribution in [1.82, 2.24) is 15.1 Å². The Morgan fingerprint density at radius 2 is 1.78 bits per heavy atom. The van der Waals surface area contributed by atoms with Crippen molar-refractivity contribution in [3.05, 3.63) is 0 Å². The minimum absolute atomic E-state index is 0.527. The lowest BCUT2D eigenvalue weighted by atomic mass is 10.2. The quantitative estimate of drug-likeness (QED) is 0.649. The highest BCUT2D eigenvalue weighted by Gasteiger charge is 2.33. The van der Waals surface area contributed by atoms with Gasteiger partial charge in [0.15, 0.2) is 0 Å². The summed E-state index contributed by atoms with van der Waals surface area (Å²) in [5.74, 6) is 0. The third-order valence-corrected chi connectivity index (χ3v) is 4.22. The Balaban J connectivity index is 1.51. The molecule has 18 heavy (non-hydrogen) atoms. The van der Waals surface area contributed by atoms with E-state index < -0.39 is 0 Å². The van der Waals surface area contributed by atoms with Crippen molar-refractivity contribution in [3.8, 4) is 0 Å². The Morgan fingerprint density at radius 3 is 2.39 bits per heavy atom. The van der Waals surface area contributed by atoms with Gasteiger partial charge < -0.3 is 15.0 Å². The third-order valence-electron chi connectivity index (χ3n) is 4.22. The van der Waals surface area contributed by atoms with Crippen LogP contribution < -0.4 is 5.32 Å². The smallest absolute Gasteiger partial charge is 0.0707 e. The Hall–Kier alpha value is -0.160. The number of hydrogen-bond acceptors (Lipinski definition) is 4. The fraction of sp³-hybridized carbons (Fsp3) is 1.00. The topological polar surface area (TPSA) is 27.7 Å². The van der Waals surface area contributed by atoms with Gasteiger partial charge in [0.05, 0.1) is 12.2 Å². The molecule has 0 aliphatic carbocycles. The monoisotopic (exact) mass is 255 g/mol. The van der Waals surface area contributed by atoms with Crippen LogP contribution in [0.5, 0.6) is 0 Å². The number of nitrogens with zero attached hydrogens (tertiary/aromatic N) is 2. The molecule has 1 N–H and O–H groups in total. The molecule has 0 aromatic heterocycles. The Bertz CT molecular complexity index is 221. The van der Waals surface area contributed by atoms with E-state index >= 15 is 0 Å². The number of ether oxygens (including phenoxy) is 1. The number of fused-ring (bicyclic) bond motifs is 2. The van der Waals surface area contributed by atoms with Crippen molar-refractivity contribution in [2.45, 2.75) is 38.9 Å². The predicted octanol–water partition coefficient (Wildman–Crippen LogP) is 0.781. The maximum atomic E-state index is 5.85. The van der Waals surface area contributed by atoms with Crippen LogP contribution in [0.15, 0.2) is 0 Å². The van der Waals surface area contributed by atoms with Gasteiger partial charge in [-0.25, -0.2) is 0 Å². The lowest BCUT2D eigenvalue weighted by Gasteiger charge is -2.32. The van der Waals surface area contributed by atoms with Gasteiger partial charge in [-0.1, -0.05) is 13.8 Å². The van der Waals surface area contributed by atoms with Crippen molar-refractivity contribution in [2.24, 2.45) is 0 Å². The standard InChI is InChI=1S/C14H29N3O/c1-3-16(4-2)9-7-15-8-10-17-11-13-5-6-14(12-17)18-13/h13-15H,3-12H2,1-2H3. The summed E-state index contributed by atoms with van der Waals surface area (Å²) in [5, 5.41) is 3.56. The zero-order valence-corrected chi connectivity index (χ0v) is 12.0. The van der Waals surface area contributed by atoms with Crippen molar-refractivity contribution >= 4 is 0 Å². The molecule has 4 heteroatoms. The van der Waals surface area contributed by atoms with E-state index in [0.717, 1.165) is 39.3 Å². The van der Waals surface area contributed by atoms with Crippen LogP contribution in [0.25, 0.3) is 0 Å². The van der Waals surface area contributed by atoms with E-state index in [1.54, 1.807) is 0 Å². The normalized spacial score (nSPS) is 28.2. The fourth-order valence-corrected chi connectivity index (χ4v) is 3.02. The summed E-state index contributed by atoms with van der Waals surface area (Å²) in [6.45, 7) is 13.6. The maximum Gasteiger partial charge on any atom is 0.0707 e. The van der Waals surface area contributed by atoms with E-state index in [1.807, 2.05) is 0 Å². The van der Waals surface area contributed by atoms with Gasteiger partial charge in [0.2, 0.25) is 0 Å². The molecular formula is C14H29N3O. The number of likely N-dealkylation sites (tertiary alicyclic amines) is 1. The number of likely N-dealkylation sites (N-methyl/N-ethyl adjacent to an activating group) is 1. The molecule has 2 aliphatic heterocycles. The molecule has 2 unspecified atom stereocenters. The summed E-state index contributed by atoms with van der Waals surface area (Å²) in [7, 11) is 0. The lowest BCUT2D eigenvalue weighted by Crippen LogP contribution is -2.45. The van der Waals surface area contributed by atoms with Crippen LogP contribution in [-0.4, -0.2) is 74.4 Å². The molecule has 2 fully saturated rings. The summed E-state index contributed by atoms with van der Waals surface area (Å²) in [4.78, 5) is 5.03. The minimum atomic E-state index is 0.527. The molecule has 0 saturated carbocycles. The number of nitrogens with one attached hydrogen (secondary N) is 1. The van der Waals surface area contributed by atoms with Crippen LogP contribution in [-0.2, 0) is 4.74 Å². The molecule has 0 spiro atoms. The summed E-state index contributed by atoms with van der Waals surface area (Å²) >= 11 is 0. The number of morpholine rings is 1. The van der Waals surface area contributed by atoms with Crippen LogP contribution in [0.2, 0.25) is 0 Å². The van der Waals surface area contributed by atoms with Crippen molar-refractivity contribution < 1.29 is 4.74 Å². The molecule has 2 atom stereocenters. The number of rotatable bonds is 8. The first-order chi connectivity index (χ1) is 8.81. The summed E-state index contributed by atoms with van der Waals surface area (Å²) < 4.78 is 5.85. The van der Waals surface area contributed by atoms with E-state index in [1.165, 1.54) is 25.9 Å². The molecule has 2 saturated heterocycles. The molecule has 2 aliphatic rings. The molecule has 0 aromatic rings. The van der Waals surface area contributed by atoms with Gasteiger partial charge >= 0.3 is 0 Å². The van der Waals surface area contributed by atoms with E-state index in [2.05, 4.69) is 29.0 Å². The highest BCUT2D eigenvalue weighted by Crippen LogP contribution is 2.25. The average molecular weight is 255 g/mol. The van der Waals surface area contributed by atoms with Gasteiger partial charge in [-0.2, -0.15) is 0 Å². The van der Waals surface area contributed by atoms with E-state index in [4.69, 9.17) is 4.74 Å². The number of hydrogen-bond donors (Lipinski definition) is 1. The molecule has 0 amide bonds. The average Bonchev–Trinajstić information content (AvgIpc) is 2.73. The molecule has 106 valence electrons. The van der Waals surface area contributed by atoms with E-state index in [9.17, 15) is 0 Å². The molecule has 0 aromatic carbocycles.